The van der Waals surface area contributed by atoms with Crippen molar-refractivity contribution >= 4 is 58.2 Å². The molecule has 104 valence electrons. The Morgan fingerprint density at radius 3 is 2.37 bits per heavy atom. The van der Waals surface area contributed by atoms with Crippen molar-refractivity contribution < 1.29 is 9.59 Å². The molecule has 4 nitrogen and oxygen atoms in total. The van der Waals surface area contributed by atoms with E-state index in [9.17, 15) is 9.59 Å². The first-order chi connectivity index (χ1) is 8.91. The molecular weight excluding hydrogens is 334 g/mol. The number of amides is 2. The summed E-state index contributed by atoms with van der Waals surface area (Å²) in [5.41, 5.74) is 0.271. The lowest BCUT2D eigenvalue weighted by molar-refractivity contribution is -0.119. The van der Waals surface area contributed by atoms with Gasteiger partial charge < -0.3 is 10.6 Å². The lowest BCUT2D eigenvalue weighted by atomic mass is 10.2. The van der Waals surface area contributed by atoms with E-state index in [1.807, 2.05) is 0 Å². The molecule has 0 saturated heterocycles. The van der Waals surface area contributed by atoms with Crippen LogP contribution in [0.4, 0.5) is 0 Å². The van der Waals surface area contributed by atoms with Gasteiger partial charge in [-0.1, -0.05) is 46.4 Å². The summed E-state index contributed by atoms with van der Waals surface area (Å²) in [6, 6.07) is 4.58. The van der Waals surface area contributed by atoms with Gasteiger partial charge in [-0.25, -0.2) is 0 Å². The lowest BCUT2D eigenvalue weighted by Crippen LogP contribution is -2.36. The van der Waals surface area contributed by atoms with Gasteiger partial charge in [0.25, 0.3) is 11.8 Å². The molecule has 0 aliphatic rings. The number of rotatable bonds is 5. The highest BCUT2D eigenvalue weighted by Crippen LogP contribution is 2.20. The van der Waals surface area contributed by atoms with Crippen LogP contribution in [0.5, 0.6) is 0 Å². The van der Waals surface area contributed by atoms with Crippen LogP contribution in [-0.4, -0.2) is 29.7 Å². The first kappa shape index (κ1) is 16.4. The Labute approximate surface area is 130 Å². The highest BCUT2D eigenvalue weighted by atomic mass is 35.5. The second kappa shape index (κ2) is 7.80. The smallest absolute Gasteiger partial charge is 0.253 e. The van der Waals surface area contributed by atoms with E-state index < -0.39 is 10.7 Å². The lowest BCUT2D eigenvalue weighted by Gasteiger charge is -2.08. The van der Waals surface area contributed by atoms with Gasteiger partial charge in [0.05, 0.1) is 10.6 Å². The summed E-state index contributed by atoms with van der Waals surface area (Å²) in [4.78, 5) is 21.7. The standard InChI is InChI=1S/C11H10Cl4N2O2/c12-6-1-2-8(13)7(5-6)10(18)16-3-4-17-11(19)9(14)15/h1-2,5,9H,3-4H2,(H,16,18)(H,17,19). The molecule has 0 bridgehead atoms. The number of carbonyl (C=O) groups excluding carboxylic acids is 2. The van der Waals surface area contributed by atoms with E-state index in [0.717, 1.165) is 0 Å². The number of carbonyl (C=O) groups is 2. The van der Waals surface area contributed by atoms with Crippen LogP contribution in [-0.2, 0) is 4.79 Å². The molecule has 0 aliphatic carbocycles. The Bertz CT molecular complexity index is 480. The van der Waals surface area contributed by atoms with Crippen molar-refractivity contribution in [1.29, 1.82) is 0 Å². The maximum atomic E-state index is 11.8. The molecule has 1 aromatic carbocycles. The zero-order chi connectivity index (χ0) is 14.4. The second-order valence-electron chi connectivity index (χ2n) is 3.47. The second-order valence-corrected chi connectivity index (χ2v) is 5.41. The molecule has 0 atom stereocenters. The first-order valence-corrected chi connectivity index (χ1v) is 6.84. The number of halogens is 4. The molecule has 19 heavy (non-hydrogen) atoms. The van der Waals surface area contributed by atoms with E-state index in [1.165, 1.54) is 12.1 Å². The fraction of sp³-hybridized carbons (Fsp3) is 0.273. The van der Waals surface area contributed by atoms with Crippen molar-refractivity contribution in [2.24, 2.45) is 0 Å². The summed E-state index contributed by atoms with van der Waals surface area (Å²) in [5.74, 6) is -0.895. The van der Waals surface area contributed by atoms with E-state index in [1.54, 1.807) is 6.07 Å². The average molecular weight is 344 g/mol. The average Bonchev–Trinajstić information content (AvgIpc) is 2.36. The molecular formula is C11H10Cl4N2O2. The van der Waals surface area contributed by atoms with Crippen LogP contribution >= 0.6 is 46.4 Å². The summed E-state index contributed by atoms with van der Waals surface area (Å²) in [6.45, 7) is 0.423. The van der Waals surface area contributed by atoms with Crippen LogP contribution in [0.25, 0.3) is 0 Å². The van der Waals surface area contributed by atoms with Gasteiger partial charge in [0.15, 0.2) is 4.84 Å². The van der Waals surface area contributed by atoms with Crippen molar-refractivity contribution in [2.45, 2.75) is 4.84 Å². The summed E-state index contributed by atoms with van der Waals surface area (Å²) in [5, 5.41) is 5.73. The molecule has 1 aromatic rings. The minimum absolute atomic E-state index is 0.207. The highest BCUT2D eigenvalue weighted by molar-refractivity contribution is 6.53. The van der Waals surface area contributed by atoms with Crippen LogP contribution in [0, 0.1) is 0 Å². The Balaban J connectivity index is 2.44. The van der Waals surface area contributed by atoms with Gasteiger partial charge in [0.1, 0.15) is 0 Å². The van der Waals surface area contributed by atoms with E-state index in [4.69, 9.17) is 46.4 Å². The third kappa shape index (κ3) is 5.45. The molecule has 8 heteroatoms. The van der Waals surface area contributed by atoms with E-state index in [-0.39, 0.29) is 24.6 Å². The van der Waals surface area contributed by atoms with Crippen LogP contribution in [0.1, 0.15) is 10.4 Å². The fourth-order valence-electron chi connectivity index (χ4n) is 1.21. The summed E-state index contributed by atoms with van der Waals surface area (Å²) in [7, 11) is 0. The Hall–Kier alpha value is -0.680. The normalized spacial score (nSPS) is 10.4. The summed E-state index contributed by atoms with van der Waals surface area (Å²) < 4.78 is 0. The molecule has 1 rings (SSSR count). The van der Waals surface area contributed by atoms with E-state index in [2.05, 4.69) is 10.6 Å². The predicted molar refractivity (Wildman–Crippen MR) is 77.3 cm³/mol. The minimum atomic E-state index is -1.13. The minimum Gasteiger partial charge on any atom is -0.352 e. The number of benzene rings is 1. The van der Waals surface area contributed by atoms with Crippen LogP contribution < -0.4 is 10.6 Å². The van der Waals surface area contributed by atoms with Gasteiger partial charge in [-0.3, -0.25) is 9.59 Å². The topological polar surface area (TPSA) is 58.2 Å². The largest absolute Gasteiger partial charge is 0.352 e. The maximum Gasteiger partial charge on any atom is 0.253 e. The van der Waals surface area contributed by atoms with Crippen molar-refractivity contribution in [3.8, 4) is 0 Å². The quantitative estimate of drug-likeness (QED) is 0.637. The maximum absolute atomic E-state index is 11.8. The summed E-state index contributed by atoms with van der Waals surface area (Å²) >= 11 is 22.3. The Morgan fingerprint density at radius 1 is 1.11 bits per heavy atom. The monoisotopic (exact) mass is 342 g/mol. The van der Waals surface area contributed by atoms with Crippen molar-refractivity contribution in [1.82, 2.24) is 10.6 Å². The number of hydrogen-bond donors (Lipinski definition) is 2. The van der Waals surface area contributed by atoms with Crippen molar-refractivity contribution in [2.75, 3.05) is 13.1 Å². The van der Waals surface area contributed by atoms with Gasteiger partial charge in [0, 0.05) is 18.1 Å². The molecule has 0 spiro atoms. The van der Waals surface area contributed by atoms with Gasteiger partial charge in [0.2, 0.25) is 0 Å². The number of nitrogens with one attached hydrogen (secondary N) is 2. The van der Waals surface area contributed by atoms with Crippen LogP contribution in [0.3, 0.4) is 0 Å². The molecule has 2 amide bonds. The molecule has 0 aromatic heterocycles. The summed E-state index contributed by atoms with van der Waals surface area (Å²) in [6.07, 6.45) is 0. The van der Waals surface area contributed by atoms with E-state index >= 15 is 0 Å². The van der Waals surface area contributed by atoms with Crippen LogP contribution in [0.2, 0.25) is 10.0 Å². The number of alkyl halides is 2. The van der Waals surface area contributed by atoms with Gasteiger partial charge in [-0.2, -0.15) is 0 Å². The van der Waals surface area contributed by atoms with Gasteiger partial charge in [-0.05, 0) is 18.2 Å². The van der Waals surface area contributed by atoms with Crippen molar-refractivity contribution in [3.63, 3.8) is 0 Å². The third-order valence-electron chi connectivity index (χ3n) is 2.08. The van der Waals surface area contributed by atoms with Gasteiger partial charge in [-0.15, -0.1) is 0 Å². The Morgan fingerprint density at radius 2 is 1.74 bits per heavy atom. The molecule has 0 aliphatic heterocycles. The molecule has 0 unspecified atom stereocenters. The van der Waals surface area contributed by atoms with E-state index in [0.29, 0.717) is 10.0 Å². The molecule has 0 heterocycles. The van der Waals surface area contributed by atoms with Gasteiger partial charge >= 0.3 is 0 Å². The first-order valence-electron chi connectivity index (χ1n) is 5.21. The highest BCUT2D eigenvalue weighted by Gasteiger charge is 2.12. The zero-order valence-electron chi connectivity index (χ0n) is 9.55. The third-order valence-corrected chi connectivity index (χ3v) is 3.04. The predicted octanol–water partition coefficient (Wildman–Crippen LogP) is 2.64. The molecule has 0 saturated carbocycles. The SMILES string of the molecule is O=C(NCCNC(=O)C(Cl)Cl)c1cc(Cl)ccc1Cl. The van der Waals surface area contributed by atoms with Crippen LogP contribution in [0.15, 0.2) is 18.2 Å². The Kier molecular flexibility index (Phi) is 6.72. The number of hydrogen-bond acceptors (Lipinski definition) is 2. The molecule has 0 radical (unpaired) electrons. The fourth-order valence-corrected chi connectivity index (χ4v) is 1.74. The van der Waals surface area contributed by atoms with Crippen molar-refractivity contribution in [3.05, 3.63) is 33.8 Å². The molecule has 0 fully saturated rings. The zero-order valence-corrected chi connectivity index (χ0v) is 12.6. The molecule has 2 N–H and O–H groups in total.